The highest BCUT2D eigenvalue weighted by Gasteiger charge is 2.25. The number of hydrogen-bond acceptors (Lipinski definition) is 3. The van der Waals surface area contributed by atoms with Crippen LogP contribution in [-0.2, 0) is 9.53 Å². The molecule has 1 aliphatic rings. The number of halogens is 1. The van der Waals surface area contributed by atoms with Gasteiger partial charge in [-0.05, 0) is 44.6 Å². The Labute approximate surface area is 118 Å². The molecule has 0 aromatic heterocycles. The van der Waals surface area contributed by atoms with Gasteiger partial charge in [0.25, 0.3) is 0 Å². The molecule has 0 spiro atoms. The number of likely N-dealkylation sites (N-methyl/N-ethyl adjacent to an activating group) is 1. The molecule has 5 heteroatoms. The molecular formula is C15H21FN2O2. The summed E-state index contributed by atoms with van der Waals surface area (Å²) in [7, 11) is 3.69. The third-order valence-corrected chi connectivity index (χ3v) is 3.52. The van der Waals surface area contributed by atoms with Gasteiger partial charge in [0.05, 0.1) is 0 Å². The molecule has 1 amide bonds. The summed E-state index contributed by atoms with van der Waals surface area (Å²) in [6, 6.07) is 5.84. The van der Waals surface area contributed by atoms with Crippen molar-refractivity contribution in [3.05, 3.63) is 35.6 Å². The first-order valence-electron chi connectivity index (χ1n) is 6.88. The Bertz CT molecular complexity index is 442. The number of ether oxygens (including phenoxy) is 1. The molecule has 1 heterocycles. The maximum atomic E-state index is 13.0. The van der Waals surface area contributed by atoms with Crippen LogP contribution in [0.3, 0.4) is 0 Å². The largest absolute Gasteiger partial charge is 0.381 e. The smallest absolute Gasteiger partial charge is 0.242 e. The monoisotopic (exact) mass is 280 g/mol. The summed E-state index contributed by atoms with van der Waals surface area (Å²) in [4.78, 5) is 14.3. The van der Waals surface area contributed by atoms with Crippen LogP contribution in [0.4, 0.5) is 4.39 Å². The van der Waals surface area contributed by atoms with Gasteiger partial charge in [-0.2, -0.15) is 0 Å². The van der Waals surface area contributed by atoms with Gasteiger partial charge in [0.2, 0.25) is 5.91 Å². The average molecular weight is 280 g/mol. The minimum Gasteiger partial charge on any atom is -0.381 e. The van der Waals surface area contributed by atoms with Crippen molar-refractivity contribution >= 4 is 5.91 Å². The molecule has 1 atom stereocenters. The standard InChI is InChI=1S/C15H21FN2O2/c1-18(2)14(11-3-5-12(16)6-4-11)15(19)17-13-7-9-20-10-8-13/h3-6,13-14H,7-10H2,1-2H3,(H,17,19)/t14-/m0/s1. The van der Waals surface area contributed by atoms with Crippen molar-refractivity contribution in [3.63, 3.8) is 0 Å². The number of amides is 1. The molecular weight excluding hydrogens is 259 g/mol. The molecule has 2 rings (SSSR count). The molecule has 1 fully saturated rings. The van der Waals surface area contributed by atoms with Crippen molar-refractivity contribution in [1.82, 2.24) is 10.2 Å². The maximum absolute atomic E-state index is 13.0. The van der Waals surface area contributed by atoms with Gasteiger partial charge in [-0.1, -0.05) is 12.1 Å². The molecule has 0 aliphatic carbocycles. The van der Waals surface area contributed by atoms with Crippen molar-refractivity contribution in [2.45, 2.75) is 24.9 Å². The summed E-state index contributed by atoms with van der Waals surface area (Å²) in [5.41, 5.74) is 0.793. The van der Waals surface area contributed by atoms with Crippen molar-refractivity contribution in [2.75, 3.05) is 27.3 Å². The van der Waals surface area contributed by atoms with E-state index in [0.717, 1.165) is 18.4 Å². The minimum atomic E-state index is -0.404. The molecule has 0 radical (unpaired) electrons. The molecule has 0 saturated carbocycles. The highest BCUT2D eigenvalue weighted by Crippen LogP contribution is 2.20. The van der Waals surface area contributed by atoms with Gasteiger partial charge < -0.3 is 10.1 Å². The topological polar surface area (TPSA) is 41.6 Å². The Hall–Kier alpha value is -1.46. The summed E-state index contributed by atoms with van der Waals surface area (Å²) in [6.45, 7) is 1.38. The fraction of sp³-hybridized carbons (Fsp3) is 0.533. The predicted octanol–water partition coefficient (Wildman–Crippen LogP) is 1.72. The van der Waals surface area contributed by atoms with Crippen LogP contribution in [0.1, 0.15) is 24.4 Å². The first-order chi connectivity index (χ1) is 9.58. The summed E-state index contributed by atoms with van der Waals surface area (Å²) in [5, 5.41) is 3.06. The molecule has 20 heavy (non-hydrogen) atoms. The number of carbonyl (C=O) groups is 1. The van der Waals surface area contributed by atoms with E-state index in [2.05, 4.69) is 5.32 Å². The molecule has 1 aliphatic heterocycles. The lowest BCUT2D eigenvalue weighted by Crippen LogP contribution is -2.44. The molecule has 0 unspecified atom stereocenters. The highest BCUT2D eigenvalue weighted by molar-refractivity contribution is 5.83. The average Bonchev–Trinajstić information content (AvgIpc) is 2.42. The van der Waals surface area contributed by atoms with Crippen molar-refractivity contribution in [2.24, 2.45) is 0 Å². The van der Waals surface area contributed by atoms with Gasteiger partial charge >= 0.3 is 0 Å². The minimum absolute atomic E-state index is 0.0477. The number of rotatable bonds is 4. The number of nitrogens with one attached hydrogen (secondary N) is 1. The summed E-state index contributed by atoms with van der Waals surface area (Å²) >= 11 is 0. The van der Waals surface area contributed by atoms with Gasteiger partial charge in [-0.25, -0.2) is 4.39 Å². The van der Waals surface area contributed by atoms with Crippen LogP contribution in [0.25, 0.3) is 0 Å². The van der Waals surface area contributed by atoms with Gasteiger partial charge in [0, 0.05) is 19.3 Å². The van der Waals surface area contributed by atoms with Crippen LogP contribution < -0.4 is 5.32 Å². The zero-order valence-electron chi connectivity index (χ0n) is 11.9. The second kappa shape index (κ2) is 6.81. The zero-order chi connectivity index (χ0) is 14.5. The first-order valence-corrected chi connectivity index (χ1v) is 6.88. The van der Waals surface area contributed by atoms with E-state index in [0.29, 0.717) is 13.2 Å². The third kappa shape index (κ3) is 3.77. The van der Waals surface area contributed by atoms with Crippen LogP contribution in [-0.4, -0.2) is 44.2 Å². The normalized spacial score (nSPS) is 18.0. The van der Waals surface area contributed by atoms with Gasteiger partial charge in [-0.15, -0.1) is 0 Å². The summed E-state index contributed by atoms with van der Waals surface area (Å²) in [5.74, 6) is -0.343. The Morgan fingerprint density at radius 1 is 1.30 bits per heavy atom. The lowest BCUT2D eigenvalue weighted by atomic mass is 10.0. The van der Waals surface area contributed by atoms with Gasteiger partial charge in [0.15, 0.2) is 0 Å². The van der Waals surface area contributed by atoms with Crippen molar-refractivity contribution in [1.29, 1.82) is 0 Å². The molecule has 0 bridgehead atoms. The second-order valence-electron chi connectivity index (χ2n) is 5.31. The van der Waals surface area contributed by atoms with Gasteiger partial charge in [0.1, 0.15) is 11.9 Å². The Balaban J connectivity index is 2.07. The van der Waals surface area contributed by atoms with E-state index in [9.17, 15) is 9.18 Å². The molecule has 1 aromatic carbocycles. The first kappa shape index (κ1) is 14.9. The molecule has 4 nitrogen and oxygen atoms in total. The van der Waals surface area contributed by atoms with Crippen molar-refractivity contribution in [3.8, 4) is 0 Å². The van der Waals surface area contributed by atoms with Crippen LogP contribution >= 0.6 is 0 Å². The van der Waals surface area contributed by atoms with E-state index in [1.807, 2.05) is 19.0 Å². The fourth-order valence-electron chi connectivity index (χ4n) is 2.45. The Kier molecular flexibility index (Phi) is 5.09. The number of nitrogens with zero attached hydrogens (tertiary/aromatic N) is 1. The van der Waals surface area contributed by atoms with Crippen LogP contribution in [0.2, 0.25) is 0 Å². The Morgan fingerprint density at radius 3 is 2.45 bits per heavy atom. The van der Waals surface area contributed by atoms with Crippen LogP contribution in [0.15, 0.2) is 24.3 Å². The quantitative estimate of drug-likeness (QED) is 0.913. The van der Waals surface area contributed by atoms with Crippen LogP contribution in [0, 0.1) is 5.82 Å². The van der Waals surface area contributed by atoms with E-state index in [4.69, 9.17) is 4.74 Å². The second-order valence-corrected chi connectivity index (χ2v) is 5.31. The lowest BCUT2D eigenvalue weighted by molar-refractivity contribution is -0.127. The molecule has 1 N–H and O–H groups in total. The lowest BCUT2D eigenvalue weighted by Gasteiger charge is -2.28. The third-order valence-electron chi connectivity index (χ3n) is 3.52. The summed E-state index contributed by atoms with van der Waals surface area (Å²) < 4.78 is 18.3. The fourth-order valence-corrected chi connectivity index (χ4v) is 2.45. The van der Waals surface area contributed by atoms with Crippen LogP contribution in [0.5, 0.6) is 0 Å². The SMILES string of the molecule is CN(C)[C@H](C(=O)NC1CCOCC1)c1ccc(F)cc1. The number of benzene rings is 1. The van der Waals surface area contributed by atoms with Crippen molar-refractivity contribution < 1.29 is 13.9 Å². The highest BCUT2D eigenvalue weighted by atomic mass is 19.1. The molecule has 1 saturated heterocycles. The number of carbonyl (C=O) groups excluding carboxylic acids is 1. The molecule has 110 valence electrons. The van der Waals surface area contributed by atoms with E-state index < -0.39 is 6.04 Å². The molecule has 1 aromatic rings. The van der Waals surface area contributed by atoms with E-state index >= 15 is 0 Å². The van der Waals surface area contributed by atoms with E-state index in [1.54, 1.807) is 12.1 Å². The Morgan fingerprint density at radius 2 is 1.90 bits per heavy atom. The summed E-state index contributed by atoms with van der Waals surface area (Å²) in [6.07, 6.45) is 1.69. The van der Waals surface area contributed by atoms with E-state index in [1.165, 1.54) is 12.1 Å². The maximum Gasteiger partial charge on any atom is 0.242 e. The van der Waals surface area contributed by atoms with Gasteiger partial charge in [-0.3, -0.25) is 9.69 Å². The van der Waals surface area contributed by atoms with E-state index in [-0.39, 0.29) is 17.8 Å². The number of hydrogen-bond donors (Lipinski definition) is 1. The zero-order valence-corrected chi connectivity index (χ0v) is 11.9. The predicted molar refractivity (Wildman–Crippen MR) is 74.8 cm³/mol.